The molecule has 100 valence electrons. The minimum Gasteiger partial charge on any atom is -0.388 e. The third kappa shape index (κ3) is 3.01. The van der Waals surface area contributed by atoms with Gasteiger partial charge < -0.3 is 5.11 Å². The first-order chi connectivity index (χ1) is 8.49. The molecule has 1 aliphatic rings. The Morgan fingerprint density at radius 1 is 1.06 bits per heavy atom. The zero-order chi connectivity index (χ0) is 13.3. The fraction of sp³-hybridized carbons (Fsp3) is 0.600. The van der Waals surface area contributed by atoms with Gasteiger partial charge >= 0.3 is 0 Å². The van der Waals surface area contributed by atoms with Crippen molar-refractivity contribution in [3.8, 4) is 0 Å². The standard InChI is InChI=1S/C15H20Cl2O/c1-9-6-10(2)8-11(7-9)15(18)14-12(16)4-3-5-13(14)17/h3-5,9-11,15,18H,6-8H2,1-2H3. The van der Waals surface area contributed by atoms with Crippen molar-refractivity contribution in [2.75, 3.05) is 0 Å². The highest BCUT2D eigenvalue weighted by molar-refractivity contribution is 6.36. The lowest BCUT2D eigenvalue weighted by molar-refractivity contribution is 0.0553. The molecule has 0 heterocycles. The lowest BCUT2D eigenvalue weighted by atomic mass is 9.73. The molecule has 0 spiro atoms. The van der Waals surface area contributed by atoms with Crippen LogP contribution in [0.5, 0.6) is 0 Å². The van der Waals surface area contributed by atoms with Crippen molar-refractivity contribution < 1.29 is 5.11 Å². The molecular weight excluding hydrogens is 267 g/mol. The number of halogens is 2. The first-order valence-corrected chi connectivity index (χ1v) is 7.36. The third-order valence-corrected chi connectivity index (χ3v) is 4.62. The average Bonchev–Trinajstić information content (AvgIpc) is 2.27. The van der Waals surface area contributed by atoms with Crippen LogP contribution in [0, 0.1) is 17.8 Å². The fourth-order valence-electron chi connectivity index (χ4n) is 3.30. The van der Waals surface area contributed by atoms with Gasteiger partial charge in [-0.2, -0.15) is 0 Å². The molecule has 0 bridgehead atoms. The maximum Gasteiger partial charge on any atom is 0.0847 e. The maximum atomic E-state index is 10.6. The van der Waals surface area contributed by atoms with E-state index in [1.165, 1.54) is 6.42 Å². The number of benzene rings is 1. The van der Waals surface area contributed by atoms with Crippen LogP contribution in [0.4, 0.5) is 0 Å². The van der Waals surface area contributed by atoms with Crippen LogP contribution in [0.25, 0.3) is 0 Å². The summed E-state index contributed by atoms with van der Waals surface area (Å²) in [5.41, 5.74) is 0.701. The molecule has 3 heteroatoms. The second-order valence-corrected chi connectivity index (χ2v) is 6.57. The summed E-state index contributed by atoms with van der Waals surface area (Å²) in [6.07, 6.45) is 2.80. The van der Waals surface area contributed by atoms with Crippen LogP contribution in [-0.2, 0) is 0 Å². The number of aliphatic hydroxyl groups excluding tert-OH is 1. The van der Waals surface area contributed by atoms with Crippen LogP contribution < -0.4 is 0 Å². The first-order valence-electron chi connectivity index (χ1n) is 6.61. The fourth-order valence-corrected chi connectivity index (χ4v) is 3.92. The third-order valence-electron chi connectivity index (χ3n) is 3.96. The predicted octanol–water partition coefficient (Wildman–Crippen LogP) is 5.10. The van der Waals surface area contributed by atoms with Crippen molar-refractivity contribution in [1.29, 1.82) is 0 Å². The minimum atomic E-state index is -0.545. The van der Waals surface area contributed by atoms with E-state index in [0.29, 0.717) is 27.4 Å². The van der Waals surface area contributed by atoms with E-state index in [9.17, 15) is 5.11 Å². The van der Waals surface area contributed by atoms with Gasteiger partial charge in [-0.15, -0.1) is 0 Å². The molecule has 1 aromatic carbocycles. The summed E-state index contributed by atoms with van der Waals surface area (Å²) in [6.45, 7) is 4.51. The zero-order valence-electron chi connectivity index (χ0n) is 10.9. The molecule has 18 heavy (non-hydrogen) atoms. The molecule has 2 rings (SSSR count). The van der Waals surface area contributed by atoms with E-state index in [-0.39, 0.29) is 5.92 Å². The van der Waals surface area contributed by atoms with Gasteiger partial charge in [0.25, 0.3) is 0 Å². The Bertz CT molecular complexity index is 389. The van der Waals surface area contributed by atoms with Crippen molar-refractivity contribution in [3.05, 3.63) is 33.8 Å². The average molecular weight is 287 g/mol. The van der Waals surface area contributed by atoms with Gasteiger partial charge in [0.05, 0.1) is 6.10 Å². The monoisotopic (exact) mass is 286 g/mol. The molecule has 0 radical (unpaired) electrons. The smallest absolute Gasteiger partial charge is 0.0847 e. The summed E-state index contributed by atoms with van der Waals surface area (Å²) >= 11 is 12.3. The van der Waals surface area contributed by atoms with Crippen molar-refractivity contribution in [3.63, 3.8) is 0 Å². The summed E-state index contributed by atoms with van der Waals surface area (Å²) in [5, 5.41) is 11.7. The Morgan fingerprint density at radius 2 is 1.56 bits per heavy atom. The van der Waals surface area contributed by atoms with Crippen molar-refractivity contribution in [1.82, 2.24) is 0 Å². The van der Waals surface area contributed by atoms with Crippen LogP contribution in [0.1, 0.15) is 44.8 Å². The Labute approximate surface area is 119 Å². The maximum absolute atomic E-state index is 10.6. The van der Waals surface area contributed by atoms with E-state index in [1.54, 1.807) is 12.1 Å². The van der Waals surface area contributed by atoms with E-state index >= 15 is 0 Å². The van der Waals surface area contributed by atoms with Crippen LogP contribution in [0.2, 0.25) is 10.0 Å². The SMILES string of the molecule is CC1CC(C)CC(C(O)c2c(Cl)cccc2Cl)C1. The molecule has 1 N–H and O–H groups in total. The second kappa shape index (κ2) is 5.81. The predicted molar refractivity (Wildman–Crippen MR) is 77.1 cm³/mol. The van der Waals surface area contributed by atoms with Gasteiger partial charge in [-0.1, -0.05) is 43.1 Å². The van der Waals surface area contributed by atoms with E-state index in [1.807, 2.05) is 6.07 Å². The normalized spacial score (nSPS) is 30.2. The molecular formula is C15H20Cl2O. The quantitative estimate of drug-likeness (QED) is 0.802. The summed E-state index contributed by atoms with van der Waals surface area (Å²) in [7, 11) is 0. The highest BCUT2D eigenvalue weighted by atomic mass is 35.5. The first kappa shape index (κ1) is 14.2. The Kier molecular flexibility index (Phi) is 4.58. The molecule has 0 amide bonds. The van der Waals surface area contributed by atoms with E-state index in [2.05, 4.69) is 13.8 Å². The number of aliphatic hydroxyl groups is 1. The molecule has 0 aliphatic heterocycles. The number of hydrogen-bond acceptors (Lipinski definition) is 1. The highest BCUT2D eigenvalue weighted by Gasteiger charge is 2.31. The van der Waals surface area contributed by atoms with E-state index in [4.69, 9.17) is 23.2 Å². The van der Waals surface area contributed by atoms with Crippen molar-refractivity contribution >= 4 is 23.2 Å². The zero-order valence-corrected chi connectivity index (χ0v) is 12.4. The molecule has 1 aromatic rings. The molecule has 0 aromatic heterocycles. The van der Waals surface area contributed by atoms with Gasteiger partial charge in [0.15, 0.2) is 0 Å². The van der Waals surface area contributed by atoms with Crippen LogP contribution >= 0.6 is 23.2 Å². The Morgan fingerprint density at radius 3 is 2.06 bits per heavy atom. The largest absolute Gasteiger partial charge is 0.388 e. The van der Waals surface area contributed by atoms with E-state index in [0.717, 1.165) is 12.8 Å². The highest BCUT2D eigenvalue weighted by Crippen LogP contribution is 2.43. The van der Waals surface area contributed by atoms with Crippen LogP contribution in [0.3, 0.4) is 0 Å². The van der Waals surface area contributed by atoms with Gasteiger partial charge in [0, 0.05) is 15.6 Å². The molecule has 1 aliphatic carbocycles. The number of hydrogen-bond donors (Lipinski definition) is 1. The van der Waals surface area contributed by atoms with E-state index < -0.39 is 6.10 Å². The minimum absolute atomic E-state index is 0.265. The van der Waals surface area contributed by atoms with Crippen molar-refractivity contribution in [2.45, 2.75) is 39.2 Å². The van der Waals surface area contributed by atoms with Gasteiger partial charge in [0.1, 0.15) is 0 Å². The Balaban J connectivity index is 2.22. The summed E-state index contributed by atoms with van der Waals surface area (Å²) in [4.78, 5) is 0. The Hall–Kier alpha value is -0.240. The van der Waals surface area contributed by atoms with Gasteiger partial charge in [-0.05, 0) is 49.1 Å². The molecule has 3 unspecified atom stereocenters. The summed E-state index contributed by atoms with van der Waals surface area (Å²) in [5.74, 6) is 1.59. The van der Waals surface area contributed by atoms with Gasteiger partial charge in [0.2, 0.25) is 0 Å². The molecule has 1 nitrogen and oxygen atoms in total. The number of rotatable bonds is 2. The van der Waals surface area contributed by atoms with Crippen LogP contribution in [0.15, 0.2) is 18.2 Å². The van der Waals surface area contributed by atoms with Gasteiger partial charge in [-0.3, -0.25) is 0 Å². The second-order valence-electron chi connectivity index (χ2n) is 5.76. The van der Waals surface area contributed by atoms with Crippen molar-refractivity contribution in [2.24, 2.45) is 17.8 Å². The van der Waals surface area contributed by atoms with Crippen LogP contribution in [-0.4, -0.2) is 5.11 Å². The summed E-state index contributed by atoms with van der Waals surface area (Å²) in [6, 6.07) is 5.40. The molecule has 1 saturated carbocycles. The molecule has 1 fully saturated rings. The molecule has 0 saturated heterocycles. The molecule has 3 atom stereocenters. The topological polar surface area (TPSA) is 20.2 Å². The van der Waals surface area contributed by atoms with Gasteiger partial charge in [-0.25, -0.2) is 0 Å². The summed E-state index contributed by atoms with van der Waals surface area (Å²) < 4.78 is 0. The lowest BCUT2D eigenvalue weighted by Crippen LogP contribution is -2.25. The lowest BCUT2D eigenvalue weighted by Gasteiger charge is -2.35.